The van der Waals surface area contributed by atoms with Gasteiger partial charge in [-0.25, -0.2) is 9.97 Å². The molecule has 5 heteroatoms. The molecule has 5 nitrogen and oxygen atoms in total. The molecule has 2 N–H and O–H groups in total. The topological polar surface area (TPSA) is 59.1 Å². The summed E-state index contributed by atoms with van der Waals surface area (Å²) in [5.41, 5.74) is 1.94. The van der Waals surface area contributed by atoms with E-state index in [1.54, 1.807) is 13.4 Å². The monoisotopic (exact) mass is 272 g/mol. The lowest BCUT2D eigenvalue weighted by Gasteiger charge is -2.17. The van der Waals surface area contributed by atoms with Gasteiger partial charge in [0.15, 0.2) is 0 Å². The highest BCUT2D eigenvalue weighted by Gasteiger charge is 2.15. The molecule has 1 aromatic carbocycles. The Labute approximate surface area is 119 Å². The SMILES string of the molecule is CNc1ncnc(Nc2ccccc2OC)c1C(C)C. The van der Waals surface area contributed by atoms with E-state index >= 15 is 0 Å². The number of nitrogens with one attached hydrogen (secondary N) is 2. The molecule has 0 saturated heterocycles. The largest absolute Gasteiger partial charge is 0.495 e. The molecule has 1 heterocycles. The second kappa shape index (κ2) is 6.23. The Kier molecular flexibility index (Phi) is 4.40. The van der Waals surface area contributed by atoms with Crippen LogP contribution in [0.15, 0.2) is 30.6 Å². The molecule has 2 aromatic rings. The van der Waals surface area contributed by atoms with Crippen molar-refractivity contribution in [3.05, 3.63) is 36.2 Å². The molecular formula is C15H20N4O. The maximum Gasteiger partial charge on any atom is 0.142 e. The van der Waals surface area contributed by atoms with Crippen LogP contribution in [-0.4, -0.2) is 24.1 Å². The smallest absolute Gasteiger partial charge is 0.142 e. The summed E-state index contributed by atoms with van der Waals surface area (Å²) >= 11 is 0. The minimum Gasteiger partial charge on any atom is -0.495 e. The molecule has 0 saturated carbocycles. The van der Waals surface area contributed by atoms with Gasteiger partial charge < -0.3 is 15.4 Å². The number of nitrogens with zero attached hydrogens (tertiary/aromatic N) is 2. The second-order valence-electron chi connectivity index (χ2n) is 4.71. The van der Waals surface area contributed by atoms with Crippen molar-refractivity contribution in [2.45, 2.75) is 19.8 Å². The van der Waals surface area contributed by atoms with Gasteiger partial charge in [0.1, 0.15) is 23.7 Å². The number of methoxy groups -OCH3 is 1. The quantitative estimate of drug-likeness (QED) is 0.873. The zero-order chi connectivity index (χ0) is 14.5. The fraction of sp³-hybridized carbons (Fsp3) is 0.333. The van der Waals surface area contributed by atoms with Gasteiger partial charge >= 0.3 is 0 Å². The number of anilines is 3. The highest BCUT2D eigenvalue weighted by molar-refractivity contribution is 5.69. The van der Waals surface area contributed by atoms with Crippen LogP contribution in [0.1, 0.15) is 25.3 Å². The van der Waals surface area contributed by atoms with E-state index in [0.717, 1.165) is 28.6 Å². The summed E-state index contributed by atoms with van der Waals surface area (Å²) in [6.07, 6.45) is 1.55. The summed E-state index contributed by atoms with van der Waals surface area (Å²) in [6.45, 7) is 4.24. The maximum absolute atomic E-state index is 5.35. The molecule has 1 aromatic heterocycles. The molecule has 20 heavy (non-hydrogen) atoms. The normalized spacial score (nSPS) is 10.4. The molecule has 2 rings (SSSR count). The predicted molar refractivity (Wildman–Crippen MR) is 81.9 cm³/mol. The van der Waals surface area contributed by atoms with Crippen molar-refractivity contribution in [3.63, 3.8) is 0 Å². The van der Waals surface area contributed by atoms with E-state index in [4.69, 9.17) is 4.74 Å². The molecule has 0 amide bonds. The summed E-state index contributed by atoms with van der Waals surface area (Å²) < 4.78 is 5.35. The fourth-order valence-corrected chi connectivity index (χ4v) is 2.12. The Morgan fingerprint density at radius 2 is 1.80 bits per heavy atom. The third-order valence-corrected chi connectivity index (χ3v) is 3.06. The van der Waals surface area contributed by atoms with Crippen molar-refractivity contribution in [2.24, 2.45) is 0 Å². The van der Waals surface area contributed by atoms with Crippen LogP contribution in [0.3, 0.4) is 0 Å². The lowest BCUT2D eigenvalue weighted by atomic mass is 10.0. The maximum atomic E-state index is 5.35. The van der Waals surface area contributed by atoms with E-state index in [1.807, 2.05) is 31.3 Å². The molecule has 0 unspecified atom stereocenters. The van der Waals surface area contributed by atoms with Gasteiger partial charge in [0.2, 0.25) is 0 Å². The molecule has 0 aliphatic rings. The fourth-order valence-electron chi connectivity index (χ4n) is 2.12. The average molecular weight is 272 g/mol. The number of rotatable bonds is 5. The van der Waals surface area contributed by atoms with Crippen molar-refractivity contribution >= 4 is 17.3 Å². The highest BCUT2D eigenvalue weighted by atomic mass is 16.5. The number of aromatic nitrogens is 2. The lowest BCUT2D eigenvalue weighted by Crippen LogP contribution is -2.07. The van der Waals surface area contributed by atoms with Crippen LogP contribution in [0.5, 0.6) is 5.75 Å². The van der Waals surface area contributed by atoms with Crippen molar-refractivity contribution in [3.8, 4) is 5.75 Å². The number of hydrogen-bond donors (Lipinski definition) is 2. The van der Waals surface area contributed by atoms with E-state index < -0.39 is 0 Å². The minimum atomic E-state index is 0.302. The summed E-state index contributed by atoms with van der Waals surface area (Å²) in [4.78, 5) is 8.63. The third-order valence-electron chi connectivity index (χ3n) is 3.06. The number of hydrogen-bond acceptors (Lipinski definition) is 5. The predicted octanol–water partition coefficient (Wildman–Crippen LogP) is 3.39. The summed E-state index contributed by atoms with van der Waals surface area (Å²) in [7, 11) is 3.52. The van der Waals surface area contributed by atoms with Crippen molar-refractivity contribution < 1.29 is 4.74 Å². The van der Waals surface area contributed by atoms with Crippen LogP contribution in [-0.2, 0) is 0 Å². The first kappa shape index (κ1) is 14.1. The van der Waals surface area contributed by atoms with Crippen LogP contribution in [0.25, 0.3) is 0 Å². The highest BCUT2D eigenvalue weighted by Crippen LogP contribution is 2.32. The first-order valence-electron chi connectivity index (χ1n) is 6.60. The summed E-state index contributed by atoms with van der Waals surface area (Å²) in [6, 6.07) is 7.77. The minimum absolute atomic E-state index is 0.302. The van der Waals surface area contributed by atoms with Crippen molar-refractivity contribution in [1.82, 2.24) is 9.97 Å². The van der Waals surface area contributed by atoms with Gasteiger partial charge in [-0.15, -0.1) is 0 Å². The average Bonchev–Trinajstić information content (AvgIpc) is 2.47. The summed E-state index contributed by atoms with van der Waals surface area (Å²) in [5, 5.41) is 6.44. The zero-order valence-electron chi connectivity index (χ0n) is 12.3. The van der Waals surface area contributed by atoms with E-state index in [2.05, 4.69) is 34.4 Å². The van der Waals surface area contributed by atoms with Gasteiger partial charge in [0.05, 0.1) is 12.8 Å². The van der Waals surface area contributed by atoms with Gasteiger partial charge in [-0.3, -0.25) is 0 Å². The molecule has 0 atom stereocenters. The second-order valence-corrected chi connectivity index (χ2v) is 4.71. The van der Waals surface area contributed by atoms with Crippen LogP contribution in [0.4, 0.5) is 17.3 Å². The molecule has 0 fully saturated rings. The molecule has 106 valence electrons. The van der Waals surface area contributed by atoms with Crippen LogP contribution >= 0.6 is 0 Å². The number of para-hydroxylation sites is 2. The Morgan fingerprint density at radius 1 is 1.10 bits per heavy atom. The molecule has 0 aliphatic heterocycles. The third kappa shape index (κ3) is 2.82. The van der Waals surface area contributed by atoms with Gasteiger partial charge in [-0.05, 0) is 18.1 Å². The summed E-state index contributed by atoms with van der Waals surface area (Å²) in [5.74, 6) is 2.72. The lowest BCUT2D eigenvalue weighted by molar-refractivity contribution is 0.417. The molecular weight excluding hydrogens is 252 g/mol. The first-order valence-corrected chi connectivity index (χ1v) is 6.60. The van der Waals surface area contributed by atoms with Gasteiger partial charge in [0, 0.05) is 12.6 Å². The van der Waals surface area contributed by atoms with E-state index in [-0.39, 0.29) is 0 Å². The van der Waals surface area contributed by atoms with Crippen molar-refractivity contribution in [1.29, 1.82) is 0 Å². The number of benzene rings is 1. The Morgan fingerprint density at radius 3 is 2.45 bits per heavy atom. The van der Waals surface area contributed by atoms with Gasteiger partial charge in [-0.1, -0.05) is 26.0 Å². The Bertz CT molecular complexity index is 584. The van der Waals surface area contributed by atoms with Crippen molar-refractivity contribution in [2.75, 3.05) is 24.8 Å². The standard InChI is InChI=1S/C15H20N4O/c1-10(2)13-14(16-3)17-9-18-15(13)19-11-7-5-6-8-12(11)20-4/h5-10H,1-4H3,(H2,16,17,18,19). The first-order chi connectivity index (χ1) is 9.67. The van der Waals surface area contributed by atoms with Gasteiger partial charge in [0.25, 0.3) is 0 Å². The van der Waals surface area contributed by atoms with Crippen LogP contribution < -0.4 is 15.4 Å². The van der Waals surface area contributed by atoms with E-state index in [9.17, 15) is 0 Å². The molecule has 0 aliphatic carbocycles. The Hall–Kier alpha value is -2.30. The van der Waals surface area contributed by atoms with Crippen LogP contribution in [0.2, 0.25) is 0 Å². The molecule has 0 radical (unpaired) electrons. The van der Waals surface area contributed by atoms with E-state index in [1.165, 1.54) is 0 Å². The molecule has 0 spiro atoms. The Balaban J connectivity index is 2.43. The number of ether oxygens (including phenoxy) is 1. The van der Waals surface area contributed by atoms with E-state index in [0.29, 0.717) is 5.92 Å². The van der Waals surface area contributed by atoms with Gasteiger partial charge in [-0.2, -0.15) is 0 Å². The van der Waals surface area contributed by atoms with Crippen LogP contribution in [0, 0.1) is 0 Å². The molecule has 0 bridgehead atoms. The zero-order valence-corrected chi connectivity index (χ0v) is 12.3.